The van der Waals surface area contributed by atoms with Crippen LogP contribution in [0.1, 0.15) is 40.5 Å². The summed E-state index contributed by atoms with van der Waals surface area (Å²) in [5, 5.41) is 0.227. The number of rotatable bonds is 1. The smallest absolute Gasteiger partial charge is 0.403 e. The maximum atomic E-state index is 6.12. The number of fused-ring (bicyclic) bond motifs is 1. The Morgan fingerprint density at radius 3 is 2.13 bits per heavy atom. The van der Waals surface area contributed by atoms with Gasteiger partial charge in [0, 0.05) is 5.31 Å². The SMILES string of the molecule is CC1(C)OB(C23C=CCC2C3)OC1(C)C. The molecule has 3 aliphatic rings. The zero-order valence-electron chi connectivity index (χ0n) is 10.0. The van der Waals surface area contributed by atoms with E-state index in [0.29, 0.717) is 0 Å². The molecule has 0 amide bonds. The van der Waals surface area contributed by atoms with Gasteiger partial charge in [-0.1, -0.05) is 12.2 Å². The zero-order valence-corrected chi connectivity index (χ0v) is 10.0. The summed E-state index contributed by atoms with van der Waals surface area (Å²) in [5.74, 6) is 0.784. The number of hydrogen-bond acceptors (Lipinski definition) is 2. The molecule has 3 rings (SSSR count). The number of allylic oxidation sites excluding steroid dienone is 2. The molecular formula is C12H19BO2. The van der Waals surface area contributed by atoms with Crippen LogP contribution in [0, 0.1) is 5.92 Å². The molecule has 82 valence electrons. The van der Waals surface area contributed by atoms with Crippen molar-refractivity contribution in [2.75, 3.05) is 0 Å². The van der Waals surface area contributed by atoms with Gasteiger partial charge in [0.05, 0.1) is 11.2 Å². The Morgan fingerprint density at radius 2 is 1.73 bits per heavy atom. The Balaban J connectivity index is 1.85. The van der Waals surface area contributed by atoms with Crippen LogP contribution in [0.15, 0.2) is 12.2 Å². The zero-order chi connectivity index (χ0) is 10.9. The van der Waals surface area contributed by atoms with E-state index < -0.39 is 0 Å². The fourth-order valence-electron chi connectivity index (χ4n) is 2.76. The van der Waals surface area contributed by atoms with Crippen molar-refractivity contribution in [2.45, 2.75) is 57.1 Å². The molecule has 1 saturated carbocycles. The summed E-state index contributed by atoms with van der Waals surface area (Å²) in [4.78, 5) is 0. The van der Waals surface area contributed by atoms with E-state index in [1.807, 2.05) is 0 Å². The van der Waals surface area contributed by atoms with Gasteiger partial charge in [0.2, 0.25) is 0 Å². The molecule has 0 aromatic carbocycles. The summed E-state index contributed by atoms with van der Waals surface area (Å²) >= 11 is 0. The summed E-state index contributed by atoms with van der Waals surface area (Å²) in [6.45, 7) is 8.50. The largest absolute Gasteiger partial charge is 0.468 e. The molecule has 0 aromatic rings. The van der Waals surface area contributed by atoms with E-state index in [9.17, 15) is 0 Å². The van der Waals surface area contributed by atoms with Crippen molar-refractivity contribution < 1.29 is 9.31 Å². The quantitative estimate of drug-likeness (QED) is 0.485. The van der Waals surface area contributed by atoms with Crippen LogP contribution in [0.3, 0.4) is 0 Å². The lowest BCUT2D eigenvalue weighted by atomic mass is 9.67. The number of hydrogen-bond donors (Lipinski definition) is 0. The van der Waals surface area contributed by atoms with E-state index in [0.717, 1.165) is 5.92 Å². The minimum absolute atomic E-state index is 0.0220. The monoisotopic (exact) mass is 206 g/mol. The summed E-state index contributed by atoms with van der Waals surface area (Å²) < 4.78 is 12.2. The highest BCUT2D eigenvalue weighted by Gasteiger charge is 2.69. The van der Waals surface area contributed by atoms with Crippen LogP contribution >= 0.6 is 0 Å². The Bertz CT molecular complexity index is 319. The third-order valence-electron chi connectivity index (χ3n) is 4.74. The van der Waals surface area contributed by atoms with Gasteiger partial charge in [0.1, 0.15) is 0 Å². The molecule has 1 heterocycles. The lowest BCUT2D eigenvalue weighted by Gasteiger charge is -2.32. The minimum atomic E-state index is -0.185. The van der Waals surface area contributed by atoms with Crippen molar-refractivity contribution >= 4 is 7.12 Å². The fourth-order valence-corrected chi connectivity index (χ4v) is 2.76. The molecule has 1 aliphatic heterocycles. The van der Waals surface area contributed by atoms with Crippen LogP contribution < -0.4 is 0 Å². The highest BCUT2D eigenvalue weighted by atomic mass is 16.7. The average Bonchev–Trinajstić information content (AvgIpc) is 2.58. The van der Waals surface area contributed by atoms with Crippen molar-refractivity contribution in [2.24, 2.45) is 5.92 Å². The Morgan fingerprint density at radius 1 is 1.13 bits per heavy atom. The summed E-state index contributed by atoms with van der Waals surface area (Å²) in [6, 6.07) is 0. The lowest BCUT2D eigenvalue weighted by molar-refractivity contribution is 0.00578. The van der Waals surface area contributed by atoms with Gasteiger partial charge in [-0.3, -0.25) is 0 Å². The third-order valence-corrected chi connectivity index (χ3v) is 4.74. The van der Waals surface area contributed by atoms with Gasteiger partial charge in [0.25, 0.3) is 0 Å². The summed E-state index contributed by atoms with van der Waals surface area (Å²) in [7, 11) is -0.0220. The predicted octanol–water partition coefficient (Wildman–Crippen LogP) is 2.80. The Hall–Kier alpha value is -0.275. The van der Waals surface area contributed by atoms with Gasteiger partial charge in [-0.05, 0) is 46.5 Å². The van der Waals surface area contributed by atoms with Crippen LogP contribution in [0.5, 0.6) is 0 Å². The van der Waals surface area contributed by atoms with E-state index in [-0.39, 0.29) is 23.6 Å². The molecule has 0 aromatic heterocycles. The Kier molecular flexibility index (Phi) is 1.66. The molecule has 2 aliphatic carbocycles. The van der Waals surface area contributed by atoms with Gasteiger partial charge >= 0.3 is 7.12 Å². The molecular weight excluding hydrogens is 187 g/mol. The molecule has 2 atom stereocenters. The van der Waals surface area contributed by atoms with Crippen LogP contribution in [0.2, 0.25) is 5.31 Å². The lowest BCUT2D eigenvalue weighted by Crippen LogP contribution is -2.41. The van der Waals surface area contributed by atoms with Crippen molar-refractivity contribution in [3.63, 3.8) is 0 Å². The second-order valence-corrected chi connectivity index (χ2v) is 6.24. The second kappa shape index (κ2) is 2.52. The molecule has 3 heteroatoms. The maximum Gasteiger partial charge on any atom is 0.468 e. The molecule has 0 spiro atoms. The van der Waals surface area contributed by atoms with Crippen molar-refractivity contribution in [1.82, 2.24) is 0 Å². The van der Waals surface area contributed by atoms with E-state index >= 15 is 0 Å². The van der Waals surface area contributed by atoms with Crippen molar-refractivity contribution in [3.05, 3.63) is 12.2 Å². The van der Waals surface area contributed by atoms with E-state index in [2.05, 4.69) is 39.8 Å². The second-order valence-electron chi connectivity index (χ2n) is 6.24. The van der Waals surface area contributed by atoms with Crippen molar-refractivity contribution in [3.8, 4) is 0 Å². The first-order chi connectivity index (χ1) is 6.87. The fraction of sp³-hybridized carbons (Fsp3) is 0.833. The van der Waals surface area contributed by atoms with Gasteiger partial charge in [-0.2, -0.15) is 0 Å². The molecule has 0 bridgehead atoms. The summed E-state index contributed by atoms with van der Waals surface area (Å²) in [5.41, 5.74) is -0.369. The van der Waals surface area contributed by atoms with Crippen LogP contribution in [0.4, 0.5) is 0 Å². The first-order valence-electron chi connectivity index (χ1n) is 5.91. The molecule has 2 nitrogen and oxygen atoms in total. The van der Waals surface area contributed by atoms with Gasteiger partial charge in [0.15, 0.2) is 0 Å². The van der Waals surface area contributed by atoms with Gasteiger partial charge < -0.3 is 9.31 Å². The van der Waals surface area contributed by atoms with E-state index in [1.165, 1.54) is 12.8 Å². The molecule has 1 saturated heterocycles. The molecule has 0 N–H and O–H groups in total. The highest BCUT2D eigenvalue weighted by molar-refractivity contribution is 6.52. The standard InChI is InChI=1S/C12H19BO2/c1-10(2)11(3,4)15-13(14-10)12-7-5-6-9(12)8-12/h5,7,9H,6,8H2,1-4H3. The first-order valence-corrected chi connectivity index (χ1v) is 5.91. The summed E-state index contributed by atoms with van der Waals surface area (Å²) in [6.07, 6.45) is 7.06. The Labute approximate surface area is 92.2 Å². The maximum absolute atomic E-state index is 6.12. The topological polar surface area (TPSA) is 18.5 Å². The first kappa shape index (κ1) is 9.92. The van der Waals surface area contributed by atoms with Crippen LogP contribution in [-0.2, 0) is 9.31 Å². The van der Waals surface area contributed by atoms with Crippen LogP contribution in [-0.4, -0.2) is 18.3 Å². The molecule has 2 fully saturated rings. The molecule has 0 radical (unpaired) electrons. The van der Waals surface area contributed by atoms with Gasteiger partial charge in [-0.15, -0.1) is 0 Å². The third kappa shape index (κ3) is 1.14. The molecule has 2 unspecified atom stereocenters. The molecule has 15 heavy (non-hydrogen) atoms. The van der Waals surface area contributed by atoms with Crippen LogP contribution in [0.25, 0.3) is 0 Å². The normalized spacial score (nSPS) is 44.5. The van der Waals surface area contributed by atoms with E-state index in [4.69, 9.17) is 9.31 Å². The van der Waals surface area contributed by atoms with Gasteiger partial charge in [-0.25, -0.2) is 0 Å². The van der Waals surface area contributed by atoms with E-state index in [1.54, 1.807) is 0 Å². The predicted molar refractivity (Wildman–Crippen MR) is 60.6 cm³/mol. The average molecular weight is 206 g/mol. The minimum Gasteiger partial charge on any atom is -0.403 e. The van der Waals surface area contributed by atoms with Crippen molar-refractivity contribution in [1.29, 1.82) is 0 Å². The highest BCUT2D eigenvalue weighted by Crippen LogP contribution is 2.70.